The van der Waals surface area contributed by atoms with Crippen molar-refractivity contribution in [3.05, 3.63) is 46.1 Å². The van der Waals surface area contributed by atoms with Crippen LogP contribution in [0.1, 0.15) is 25.8 Å². The van der Waals surface area contributed by atoms with Gasteiger partial charge in [-0.05, 0) is 25.5 Å². The molecule has 0 saturated carbocycles. The number of hydrogen-bond acceptors (Lipinski definition) is 2. The predicted octanol–water partition coefficient (Wildman–Crippen LogP) is 3.42. The van der Waals surface area contributed by atoms with E-state index < -0.39 is 0 Å². The Morgan fingerprint density at radius 1 is 1.35 bits per heavy atom. The SMILES string of the molecule is CC(=NC1=C(C)CNCC1)c1ccccc1Cl. The van der Waals surface area contributed by atoms with Crippen LogP contribution in [-0.4, -0.2) is 18.8 Å². The van der Waals surface area contributed by atoms with Gasteiger partial charge < -0.3 is 5.32 Å². The second kappa shape index (κ2) is 5.48. The van der Waals surface area contributed by atoms with Gasteiger partial charge in [0.2, 0.25) is 0 Å². The molecule has 0 radical (unpaired) electrons. The zero-order valence-corrected chi connectivity index (χ0v) is 11.0. The van der Waals surface area contributed by atoms with Gasteiger partial charge in [-0.3, -0.25) is 4.99 Å². The van der Waals surface area contributed by atoms with E-state index in [4.69, 9.17) is 16.6 Å². The molecule has 0 aliphatic carbocycles. The molecule has 0 amide bonds. The molecule has 1 aliphatic rings. The molecule has 0 aromatic heterocycles. The number of hydrogen-bond donors (Lipinski definition) is 1. The second-order valence-electron chi connectivity index (χ2n) is 4.33. The molecular weight excluding hydrogens is 232 g/mol. The molecule has 2 nitrogen and oxygen atoms in total. The summed E-state index contributed by atoms with van der Waals surface area (Å²) in [7, 11) is 0. The Kier molecular flexibility index (Phi) is 3.97. The number of benzene rings is 1. The van der Waals surface area contributed by atoms with Crippen LogP contribution in [0.5, 0.6) is 0 Å². The topological polar surface area (TPSA) is 24.4 Å². The van der Waals surface area contributed by atoms with Crippen molar-refractivity contribution in [2.75, 3.05) is 13.1 Å². The van der Waals surface area contributed by atoms with Gasteiger partial charge in [0.25, 0.3) is 0 Å². The lowest BCUT2D eigenvalue weighted by molar-refractivity contribution is 0.672. The molecule has 0 saturated heterocycles. The zero-order chi connectivity index (χ0) is 12.3. The van der Waals surface area contributed by atoms with Crippen molar-refractivity contribution in [3.8, 4) is 0 Å². The lowest BCUT2D eigenvalue weighted by Crippen LogP contribution is -2.23. The summed E-state index contributed by atoms with van der Waals surface area (Å²) in [5.74, 6) is 0. The molecule has 0 unspecified atom stereocenters. The fraction of sp³-hybridized carbons (Fsp3) is 0.357. The van der Waals surface area contributed by atoms with Crippen molar-refractivity contribution in [2.45, 2.75) is 20.3 Å². The van der Waals surface area contributed by atoms with E-state index in [2.05, 4.69) is 12.2 Å². The van der Waals surface area contributed by atoms with Crippen LogP contribution in [0.15, 0.2) is 40.5 Å². The van der Waals surface area contributed by atoms with E-state index in [1.807, 2.05) is 31.2 Å². The molecule has 0 atom stereocenters. The summed E-state index contributed by atoms with van der Waals surface area (Å²) in [5, 5.41) is 4.10. The molecular formula is C14H17ClN2. The summed E-state index contributed by atoms with van der Waals surface area (Å²) in [5.41, 5.74) is 4.53. The molecule has 0 fully saturated rings. The van der Waals surface area contributed by atoms with E-state index in [1.54, 1.807) is 0 Å². The first-order chi connectivity index (χ1) is 8.18. The third-order valence-corrected chi connectivity index (χ3v) is 3.32. The summed E-state index contributed by atoms with van der Waals surface area (Å²) in [4.78, 5) is 4.72. The molecule has 1 N–H and O–H groups in total. The molecule has 0 bridgehead atoms. The second-order valence-corrected chi connectivity index (χ2v) is 4.74. The Morgan fingerprint density at radius 3 is 2.82 bits per heavy atom. The third-order valence-electron chi connectivity index (χ3n) is 2.99. The van der Waals surface area contributed by atoms with Gasteiger partial charge in [-0.25, -0.2) is 0 Å². The van der Waals surface area contributed by atoms with Gasteiger partial charge in [0.15, 0.2) is 0 Å². The normalized spacial score (nSPS) is 17.5. The molecule has 1 aromatic rings. The maximum atomic E-state index is 6.16. The molecule has 3 heteroatoms. The fourth-order valence-electron chi connectivity index (χ4n) is 1.97. The van der Waals surface area contributed by atoms with Crippen molar-refractivity contribution >= 4 is 17.3 Å². The zero-order valence-electron chi connectivity index (χ0n) is 10.3. The van der Waals surface area contributed by atoms with Crippen LogP contribution in [0.3, 0.4) is 0 Å². The maximum absolute atomic E-state index is 6.16. The van der Waals surface area contributed by atoms with Crippen molar-refractivity contribution in [2.24, 2.45) is 4.99 Å². The summed E-state index contributed by atoms with van der Waals surface area (Å²) in [6, 6.07) is 7.84. The largest absolute Gasteiger partial charge is 0.313 e. The van der Waals surface area contributed by atoms with Crippen LogP contribution in [-0.2, 0) is 0 Å². The Balaban J connectivity index is 2.31. The Labute approximate surface area is 107 Å². The molecule has 1 aliphatic heterocycles. The number of nitrogens with one attached hydrogen (secondary N) is 1. The number of halogens is 1. The fourth-order valence-corrected chi connectivity index (χ4v) is 2.24. The summed E-state index contributed by atoms with van der Waals surface area (Å²) < 4.78 is 0. The minimum Gasteiger partial charge on any atom is -0.313 e. The Bertz CT molecular complexity index is 475. The first-order valence-corrected chi connectivity index (χ1v) is 6.26. The van der Waals surface area contributed by atoms with Gasteiger partial charge in [0.05, 0.1) is 0 Å². The van der Waals surface area contributed by atoms with Gasteiger partial charge >= 0.3 is 0 Å². The van der Waals surface area contributed by atoms with Crippen molar-refractivity contribution in [1.82, 2.24) is 5.32 Å². The van der Waals surface area contributed by atoms with Gasteiger partial charge in [-0.2, -0.15) is 0 Å². The van der Waals surface area contributed by atoms with E-state index in [1.165, 1.54) is 11.3 Å². The highest BCUT2D eigenvalue weighted by Crippen LogP contribution is 2.19. The summed E-state index contributed by atoms with van der Waals surface area (Å²) >= 11 is 6.16. The van der Waals surface area contributed by atoms with Crippen LogP contribution in [0, 0.1) is 0 Å². The Morgan fingerprint density at radius 2 is 2.12 bits per heavy atom. The first-order valence-electron chi connectivity index (χ1n) is 5.88. The van der Waals surface area contributed by atoms with E-state index in [-0.39, 0.29) is 0 Å². The lowest BCUT2D eigenvalue weighted by Gasteiger charge is -2.16. The molecule has 17 heavy (non-hydrogen) atoms. The first kappa shape index (κ1) is 12.3. The lowest BCUT2D eigenvalue weighted by atomic mass is 10.1. The third kappa shape index (κ3) is 2.96. The van der Waals surface area contributed by atoms with Gasteiger partial charge in [-0.15, -0.1) is 0 Å². The van der Waals surface area contributed by atoms with Gasteiger partial charge in [0, 0.05) is 41.5 Å². The highest BCUT2D eigenvalue weighted by Gasteiger charge is 2.09. The van der Waals surface area contributed by atoms with E-state index in [9.17, 15) is 0 Å². The van der Waals surface area contributed by atoms with E-state index >= 15 is 0 Å². The van der Waals surface area contributed by atoms with Crippen molar-refractivity contribution in [3.63, 3.8) is 0 Å². The molecule has 1 aromatic carbocycles. The number of rotatable bonds is 2. The standard InChI is InChI=1S/C14H17ClN2/c1-10-9-16-8-7-14(10)17-11(2)12-5-3-4-6-13(12)15/h3-6,16H,7-9H2,1-2H3. The highest BCUT2D eigenvalue weighted by molar-refractivity contribution is 6.34. The highest BCUT2D eigenvalue weighted by atomic mass is 35.5. The van der Waals surface area contributed by atoms with Gasteiger partial charge in [0.1, 0.15) is 0 Å². The molecule has 0 spiro atoms. The van der Waals surface area contributed by atoms with Crippen LogP contribution in [0.4, 0.5) is 0 Å². The van der Waals surface area contributed by atoms with E-state index in [0.29, 0.717) is 0 Å². The number of aliphatic imine (C=N–C) groups is 1. The molecule has 1 heterocycles. The minimum absolute atomic E-state index is 0.765. The van der Waals surface area contributed by atoms with Gasteiger partial charge in [-0.1, -0.05) is 29.8 Å². The minimum atomic E-state index is 0.765. The monoisotopic (exact) mass is 248 g/mol. The summed E-state index contributed by atoms with van der Waals surface area (Å²) in [6.07, 6.45) is 0.994. The van der Waals surface area contributed by atoms with E-state index in [0.717, 1.165) is 35.8 Å². The number of nitrogens with zero attached hydrogens (tertiary/aromatic N) is 1. The molecule has 90 valence electrons. The van der Waals surface area contributed by atoms with Crippen molar-refractivity contribution in [1.29, 1.82) is 0 Å². The average Bonchev–Trinajstić information content (AvgIpc) is 2.32. The van der Waals surface area contributed by atoms with Crippen LogP contribution < -0.4 is 5.32 Å². The maximum Gasteiger partial charge on any atom is 0.0496 e. The summed E-state index contributed by atoms with van der Waals surface area (Å²) in [6.45, 7) is 6.09. The molecule has 2 rings (SSSR count). The smallest absolute Gasteiger partial charge is 0.0496 e. The van der Waals surface area contributed by atoms with Crippen LogP contribution >= 0.6 is 11.6 Å². The predicted molar refractivity (Wildman–Crippen MR) is 73.8 cm³/mol. The average molecular weight is 249 g/mol. The van der Waals surface area contributed by atoms with Crippen molar-refractivity contribution < 1.29 is 0 Å². The van der Waals surface area contributed by atoms with Crippen LogP contribution in [0.2, 0.25) is 5.02 Å². The Hall–Kier alpha value is -1.12. The van der Waals surface area contributed by atoms with Crippen LogP contribution in [0.25, 0.3) is 0 Å². The quantitative estimate of drug-likeness (QED) is 0.797.